The van der Waals surface area contributed by atoms with E-state index < -0.39 is 0 Å². The zero-order valence-electron chi connectivity index (χ0n) is 16.1. The molecule has 1 aliphatic heterocycles. The van der Waals surface area contributed by atoms with Crippen molar-refractivity contribution in [2.24, 2.45) is 0 Å². The van der Waals surface area contributed by atoms with E-state index in [4.69, 9.17) is 0 Å². The maximum Gasteiger partial charge on any atom is 0.225 e. The van der Waals surface area contributed by atoms with Gasteiger partial charge < -0.3 is 9.80 Å². The molecule has 148 valence electrons. The number of benzene rings is 2. The minimum absolute atomic E-state index is 0.0377. The van der Waals surface area contributed by atoms with Crippen LogP contribution in [0.2, 0.25) is 0 Å². The first kappa shape index (κ1) is 19.1. The summed E-state index contributed by atoms with van der Waals surface area (Å²) in [4.78, 5) is 25.6. The molecule has 4 rings (SSSR count). The largest absolute Gasteiger partial charge is 0.339 e. The molecule has 0 spiro atoms. The van der Waals surface area contributed by atoms with Gasteiger partial charge in [-0.1, -0.05) is 48.5 Å². The Morgan fingerprint density at radius 3 is 2.24 bits per heavy atom. The first-order chi connectivity index (χ1) is 14.2. The highest BCUT2D eigenvalue weighted by molar-refractivity contribution is 5.78. The van der Waals surface area contributed by atoms with E-state index in [0.717, 1.165) is 5.56 Å². The minimum atomic E-state index is -0.305. The van der Waals surface area contributed by atoms with Gasteiger partial charge in [0.05, 0.1) is 0 Å². The van der Waals surface area contributed by atoms with Crippen LogP contribution in [0, 0.1) is 5.82 Å². The van der Waals surface area contributed by atoms with Crippen LogP contribution in [-0.4, -0.2) is 47.0 Å². The van der Waals surface area contributed by atoms with Gasteiger partial charge in [-0.15, -0.1) is 0 Å². The Kier molecular flexibility index (Phi) is 5.79. The van der Waals surface area contributed by atoms with Crippen molar-refractivity contribution in [3.63, 3.8) is 0 Å². The van der Waals surface area contributed by atoms with Crippen LogP contribution in [-0.2, 0) is 4.79 Å². The average Bonchev–Trinajstić information content (AvgIpc) is 2.79. The second kappa shape index (κ2) is 8.82. The van der Waals surface area contributed by atoms with Crippen molar-refractivity contribution in [2.45, 2.75) is 12.3 Å². The summed E-state index contributed by atoms with van der Waals surface area (Å²) in [7, 11) is 0. The van der Waals surface area contributed by atoms with Crippen LogP contribution in [0.1, 0.15) is 23.5 Å². The quantitative estimate of drug-likeness (QED) is 0.669. The molecule has 0 radical (unpaired) electrons. The van der Waals surface area contributed by atoms with E-state index in [-0.39, 0.29) is 24.1 Å². The van der Waals surface area contributed by atoms with Gasteiger partial charge in [0.25, 0.3) is 0 Å². The van der Waals surface area contributed by atoms with Gasteiger partial charge in [-0.25, -0.2) is 14.4 Å². The number of hydrogen-bond donors (Lipinski definition) is 0. The lowest BCUT2D eigenvalue weighted by atomic mass is 9.87. The topological polar surface area (TPSA) is 49.3 Å². The number of carbonyl (C=O) groups excluding carboxylic acids is 1. The van der Waals surface area contributed by atoms with E-state index in [0.29, 0.717) is 37.7 Å². The van der Waals surface area contributed by atoms with Gasteiger partial charge >= 0.3 is 0 Å². The summed E-state index contributed by atoms with van der Waals surface area (Å²) >= 11 is 0. The number of hydrogen-bond acceptors (Lipinski definition) is 4. The average molecular weight is 390 g/mol. The predicted molar refractivity (Wildman–Crippen MR) is 110 cm³/mol. The summed E-state index contributed by atoms with van der Waals surface area (Å²) in [5.74, 6) is 0.143. The van der Waals surface area contributed by atoms with Crippen LogP contribution in [0.25, 0.3) is 0 Å². The standard InChI is InChI=1S/C23H23FN4O/c24-21-10-5-4-9-19(21)20(18-7-2-1-3-8-18)17-22(29)27-13-15-28(16-14-27)23-25-11-6-12-26-23/h1-12,20H,13-17H2/t20-/m0/s1. The van der Waals surface area contributed by atoms with Gasteiger partial charge in [-0.3, -0.25) is 4.79 Å². The highest BCUT2D eigenvalue weighted by Gasteiger charge is 2.27. The number of amides is 1. The second-order valence-electron chi connectivity index (χ2n) is 7.11. The molecule has 3 aromatic rings. The van der Waals surface area contributed by atoms with Gasteiger partial charge in [0, 0.05) is 50.9 Å². The number of anilines is 1. The Morgan fingerprint density at radius 1 is 0.897 bits per heavy atom. The van der Waals surface area contributed by atoms with Crippen molar-refractivity contribution in [1.82, 2.24) is 14.9 Å². The molecule has 0 bridgehead atoms. The number of rotatable bonds is 5. The van der Waals surface area contributed by atoms with Gasteiger partial charge in [0.2, 0.25) is 11.9 Å². The second-order valence-corrected chi connectivity index (χ2v) is 7.11. The minimum Gasteiger partial charge on any atom is -0.339 e. The fraction of sp³-hybridized carbons (Fsp3) is 0.261. The van der Waals surface area contributed by atoms with Gasteiger partial charge in [-0.2, -0.15) is 0 Å². The lowest BCUT2D eigenvalue weighted by Crippen LogP contribution is -2.49. The maximum atomic E-state index is 14.5. The molecule has 5 nitrogen and oxygen atoms in total. The van der Waals surface area contributed by atoms with Crippen LogP contribution in [0.15, 0.2) is 73.1 Å². The van der Waals surface area contributed by atoms with Crippen LogP contribution in [0.4, 0.5) is 10.3 Å². The number of aromatic nitrogens is 2. The third-order valence-corrected chi connectivity index (χ3v) is 5.33. The third kappa shape index (κ3) is 4.42. The highest BCUT2D eigenvalue weighted by Crippen LogP contribution is 2.30. The SMILES string of the molecule is O=C(C[C@@H](c1ccccc1)c1ccccc1F)N1CCN(c2ncccn2)CC1. The summed E-state index contributed by atoms with van der Waals surface area (Å²) < 4.78 is 14.5. The smallest absolute Gasteiger partial charge is 0.225 e. The molecule has 0 saturated carbocycles. The molecule has 0 N–H and O–H groups in total. The molecule has 0 aliphatic carbocycles. The predicted octanol–water partition coefficient (Wildman–Crippen LogP) is 3.49. The molecule has 1 aliphatic rings. The normalized spacial score (nSPS) is 15.2. The lowest BCUT2D eigenvalue weighted by molar-refractivity contribution is -0.131. The molecule has 1 atom stereocenters. The van der Waals surface area contributed by atoms with Gasteiger partial charge in [-0.05, 0) is 23.3 Å². The Morgan fingerprint density at radius 2 is 1.55 bits per heavy atom. The lowest BCUT2D eigenvalue weighted by Gasteiger charge is -2.35. The van der Waals surface area contributed by atoms with Crippen molar-refractivity contribution >= 4 is 11.9 Å². The molecular formula is C23H23FN4O. The first-order valence-electron chi connectivity index (χ1n) is 9.81. The van der Waals surface area contributed by atoms with Crippen molar-refractivity contribution in [1.29, 1.82) is 0 Å². The van der Waals surface area contributed by atoms with E-state index in [2.05, 4.69) is 14.9 Å². The van der Waals surface area contributed by atoms with Crippen molar-refractivity contribution in [2.75, 3.05) is 31.1 Å². The summed E-state index contributed by atoms with van der Waals surface area (Å²) in [6.45, 7) is 2.59. The van der Waals surface area contributed by atoms with E-state index in [1.54, 1.807) is 30.6 Å². The first-order valence-corrected chi connectivity index (χ1v) is 9.81. The summed E-state index contributed by atoms with van der Waals surface area (Å²) in [6.07, 6.45) is 3.68. The van der Waals surface area contributed by atoms with Gasteiger partial charge in [0.15, 0.2) is 0 Å². The fourth-order valence-electron chi connectivity index (χ4n) is 3.76. The van der Waals surface area contributed by atoms with E-state index in [1.165, 1.54) is 6.07 Å². The van der Waals surface area contributed by atoms with E-state index >= 15 is 0 Å². The zero-order valence-corrected chi connectivity index (χ0v) is 16.1. The van der Waals surface area contributed by atoms with Crippen LogP contribution in [0.5, 0.6) is 0 Å². The van der Waals surface area contributed by atoms with Crippen molar-refractivity contribution in [3.05, 3.63) is 90.0 Å². The van der Waals surface area contributed by atoms with E-state index in [1.807, 2.05) is 41.3 Å². The Labute approximate surface area is 169 Å². The highest BCUT2D eigenvalue weighted by atomic mass is 19.1. The molecule has 1 fully saturated rings. The Balaban J connectivity index is 1.47. The Hall–Kier alpha value is -3.28. The maximum absolute atomic E-state index is 14.5. The number of carbonyl (C=O) groups is 1. The van der Waals surface area contributed by atoms with Crippen LogP contribution < -0.4 is 4.90 Å². The summed E-state index contributed by atoms with van der Waals surface area (Å²) in [6, 6.07) is 18.2. The molecule has 1 aromatic heterocycles. The molecule has 6 heteroatoms. The monoisotopic (exact) mass is 390 g/mol. The van der Waals surface area contributed by atoms with Gasteiger partial charge in [0.1, 0.15) is 5.82 Å². The van der Waals surface area contributed by atoms with Crippen molar-refractivity contribution in [3.8, 4) is 0 Å². The zero-order chi connectivity index (χ0) is 20.1. The summed E-state index contributed by atoms with van der Waals surface area (Å²) in [5, 5.41) is 0. The molecule has 2 heterocycles. The molecule has 1 saturated heterocycles. The van der Waals surface area contributed by atoms with E-state index in [9.17, 15) is 9.18 Å². The summed E-state index contributed by atoms with van der Waals surface area (Å²) in [5.41, 5.74) is 1.51. The molecule has 29 heavy (non-hydrogen) atoms. The van der Waals surface area contributed by atoms with Crippen molar-refractivity contribution < 1.29 is 9.18 Å². The number of nitrogens with zero attached hydrogens (tertiary/aromatic N) is 4. The van der Waals surface area contributed by atoms with Crippen LogP contribution in [0.3, 0.4) is 0 Å². The molecule has 1 amide bonds. The molecule has 2 aromatic carbocycles. The third-order valence-electron chi connectivity index (χ3n) is 5.33. The number of halogens is 1. The number of piperazine rings is 1. The molecular weight excluding hydrogens is 367 g/mol. The molecule has 0 unspecified atom stereocenters. The fourth-order valence-corrected chi connectivity index (χ4v) is 3.76. The van der Waals surface area contributed by atoms with Crippen LogP contribution >= 0.6 is 0 Å². The Bertz CT molecular complexity index is 943.